The Hall–Kier alpha value is -2.14. The molecule has 0 fully saturated rings. The van der Waals surface area contributed by atoms with Crippen LogP contribution in [-0.4, -0.2) is 21.0 Å². The standard InChI is InChI=1S/C16H16N4S/c1-11(2)18-15-16(21-12-7-9-17-10-8-12)20-14-6-4-3-5-13(14)19-15/h3-11H,1-2H3,(H,18,19). The van der Waals surface area contributed by atoms with Gasteiger partial charge in [0.15, 0.2) is 5.82 Å². The maximum absolute atomic E-state index is 4.74. The van der Waals surface area contributed by atoms with Crippen molar-refractivity contribution in [2.45, 2.75) is 29.8 Å². The number of benzene rings is 1. The summed E-state index contributed by atoms with van der Waals surface area (Å²) in [6.07, 6.45) is 3.57. The summed E-state index contributed by atoms with van der Waals surface area (Å²) in [6.45, 7) is 4.19. The maximum Gasteiger partial charge on any atom is 0.159 e. The molecule has 0 unspecified atom stereocenters. The van der Waals surface area contributed by atoms with Crippen molar-refractivity contribution >= 4 is 28.6 Å². The van der Waals surface area contributed by atoms with E-state index in [1.165, 1.54) is 0 Å². The average Bonchev–Trinajstić information content (AvgIpc) is 2.48. The molecular weight excluding hydrogens is 280 g/mol. The zero-order valence-electron chi connectivity index (χ0n) is 11.9. The number of nitrogens with zero attached hydrogens (tertiary/aromatic N) is 3. The second-order valence-electron chi connectivity index (χ2n) is 4.95. The van der Waals surface area contributed by atoms with Crippen LogP contribution in [-0.2, 0) is 0 Å². The van der Waals surface area contributed by atoms with Crippen molar-refractivity contribution in [2.75, 3.05) is 5.32 Å². The zero-order chi connectivity index (χ0) is 14.7. The number of rotatable bonds is 4. The van der Waals surface area contributed by atoms with Crippen LogP contribution in [0.25, 0.3) is 11.0 Å². The number of pyridine rings is 1. The fourth-order valence-corrected chi connectivity index (χ4v) is 2.77. The molecule has 0 spiro atoms. The molecule has 3 rings (SSSR count). The quantitative estimate of drug-likeness (QED) is 0.788. The van der Waals surface area contributed by atoms with Gasteiger partial charge in [0.25, 0.3) is 0 Å². The van der Waals surface area contributed by atoms with Crippen LogP contribution in [0.1, 0.15) is 13.8 Å². The Morgan fingerprint density at radius 1 is 0.952 bits per heavy atom. The third-order valence-electron chi connectivity index (χ3n) is 2.83. The van der Waals surface area contributed by atoms with E-state index in [2.05, 4.69) is 24.1 Å². The minimum atomic E-state index is 0.303. The van der Waals surface area contributed by atoms with Crippen LogP contribution in [0.5, 0.6) is 0 Å². The Kier molecular flexibility index (Phi) is 4.01. The third-order valence-corrected chi connectivity index (χ3v) is 3.81. The molecule has 0 aliphatic rings. The first-order valence-corrected chi connectivity index (χ1v) is 7.65. The van der Waals surface area contributed by atoms with Crippen LogP contribution in [0.3, 0.4) is 0 Å². The van der Waals surface area contributed by atoms with E-state index in [0.29, 0.717) is 6.04 Å². The van der Waals surface area contributed by atoms with Crippen LogP contribution in [0, 0.1) is 0 Å². The summed E-state index contributed by atoms with van der Waals surface area (Å²) in [5.41, 5.74) is 1.81. The predicted octanol–water partition coefficient (Wildman–Crippen LogP) is 4.00. The van der Waals surface area contributed by atoms with E-state index >= 15 is 0 Å². The molecule has 1 aromatic carbocycles. The second kappa shape index (κ2) is 6.10. The highest BCUT2D eigenvalue weighted by Crippen LogP contribution is 2.32. The minimum Gasteiger partial charge on any atom is -0.366 e. The van der Waals surface area contributed by atoms with E-state index in [9.17, 15) is 0 Å². The molecule has 2 heterocycles. The Bertz CT molecular complexity index is 744. The number of anilines is 1. The average molecular weight is 296 g/mol. The normalized spacial score (nSPS) is 11.0. The van der Waals surface area contributed by atoms with Gasteiger partial charge >= 0.3 is 0 Å². The topological polar surface area (TPSA) is 50.7 Å². The van der Waals surface area contributed by atoms with E-state index < -0.39 is 0 Å². The van der Waals surface area contributed by atoms with Gasteiger partial charge in [0.05, 0.1) is 11.0 Å². The Balaban J connectivity index is 2.05. The summed E-state index contributed by atoms with van der Waals surface area (Å²) in [4.78, 5) is 14.6. The molecule has 0 atom stereocenters. The molecule has 0 aliphatic carbocycles. The van der Waals surface area contributed by atoms with Gasteiger partial charge in [-0.25, -0.2) is 9.97 Å². The Morgan fingerprint density at radius 3 is 2.29 bits per heavy atom. The molecule has 21 heavy (non-hydrogen) atoms. The first kappa shape index (κ1) is 13.8. The van der Waals surface area contributed by atoms with E-state index in [4.69, 9.17) is 9.97 Å². The molecule has 1 N–H and O–H groups in total. The minimum absolute atomic E-state index is 0.303. The van der Waals surface area contributed by atoms with Crippen molar-refractivity contribution in [1.82, 2.24) is 15.0 Å². The molecule has 0 amide bonds. The molecular formula is C16H16N4S. The molecule has 5 heteroatoms. The van der Waals surface area contributed by atoms with Gasteiger partial charge in [0.1, 0.15) is 5.03 Å². The molecule has 0 bridgehead atoms. The van der Waals surface area contributed by atoms with Gasteiger partial charge in [-0.1, -0.05) is 23.9 Å². The van der Waals surface area contributed by atoms with E-state index in [1.54, 1.807) is 24.2 Å². The van der Waals surface area contributed by atoms with Crippen molar-refractivity contribution in [1.29, 1.82) is 0 Å². The van der Waals surface area contributed by atoms with Gasteiger partial charge in [-0.3, -0.25) is 4.98 Å². The largest absolute Gasteiger partial charge is 0.366 e. The van der Waals surface area contributed by atoms with Gasteiger partial charge in [0, 0.05) is 23.3 Å². The first-order chi connectivity index (χ1) is 10.2. The number of aromatic nitrogens is 3. The van der Waals surface area contributed by atoms with Crippen LogP contribution in [0.15, 0.2) is 58.7 Å². The van der Waals surface area contributed by atoms with Gasteiger partial charge in [0.2, 0.25) is 0 Å². The van der Waals surface area contributed by atoms with Crippen LogP contribution in [0.4, 0.5) is 5.82 Å². The Morgan fingerprint density at radius 2 is 1.62 bits per heavy atom. The zero-order valence-corrected chi connectivity index (χ0v) is 12.8. The van der Waals surface area contributed by atoms with Crippen molar-refractivity contribution < 1.29 is 0 Å². The number of hydrogen-bond acceptors (Lipinski definition) is 5. The lowest BCUT2D eigenvalue weighted by atomic mass is 10.3. The summed E-state index contributed by atoms with van der Waals surface area (Å²) in [5.74, 6) is 0.825. The summed E-state index contributed by atoms with van der Waals surface area (Å²) in [5, 5.41) is 4.26. The van der Waals surface area contributed by atoms with E-state index in [0.717, 1.165) is 26.8 Å². The SMILES string of the molecule is CC(C)Nc1nc2ccccc2nc1Sc1ccncc1. The lowest BCUT2D eigenvalue weighted by Crippen LogP contribution is -2.12. The van der Waals surface area contributed by atoms with Gasteiger partial charge in [-0.2, -0.15) is 0 Å². The lowest BCUT2D eigenvalue weighted by Gasteiger charge is -2.13. The number of fused-ring (bicyclic) bond motifs is 1. The molecule has 3 aromatic rings. The van der Waals surface area contributed by atoms with Crippen LogP contribution in [0.2, 0.25) is 0 Å². The van der Waals surface area contributed by atoms with Crippen molar-refractivity contribution in [3.8, 4) is 0 Å². The summed E-state index contributed by atoms with van der Waals surface area (Å²) in [7, 11) is 0. The summed E-state index contributed by atoms with van der Waals surface area (Å²) >= 11 is 1.59. The van der Waals surface area contributed by atoms with Gasteiger partial charge in [-0.15, -0.1) is 0 Å². The monoisotopic (exact) mass is 296 g/mol. The highest BCUT2D eigenvalue weighted by atomic mass is 32.2. The van der Waals surface area contributed by atoms with Gasteiger partial charge in [-0.05, 0) is 38.1 Å². The Labute approximate surface area is 128 Å². The third kappa shape index (κ3) is 3.31. The highest BCUT2D eigenvalue weighted by Gasteiger charge is 2.11. The highest BCUT2D eigenvalue weighted by molar-refractivity contribution is 7.99. The number of para-hydroxylation sites is 2. The molecule has 0 saturated heterocycles. The summed E-state index contributed by atoms with van der Waals surface area (Å²) in [6, 6.07) is 12.2. The first-order valence-electron chi connectivity index (χ1n) is 6.83. The molecule has 2 aromatic heterocycles. The van der Waals surface area contributed by atoms with Crippen LogP contribution >= 0.6 is 11.8 Å². The van der Waals surface area contributed by atoms with Gasteiger partial charge < -0.3 is 5.32 Å². The molecule has 106 valence electrons. The van der Waals surface area contributed by atoms with E-state index in [-0.39, 0.29) is 0 Å². The van der Waals surface area contributed by atoms with Crippen molar-refractivity contribution in [2.24, 2.45) is 0 Å². The van der Waals surface area contributed by atoms with E-state index in [1.807, 2.05) is 36.4 Å². The van der Waals surface area contributed by atoms with Crippen molar-refractivity contribution in [3.05, 3.63) is 48.8 Å². The van der Waals surface area contributed by atoms with Crippen molar-refractivity contribution in [3.63, 3.8) is 0 Å². The molecule has 4 nitrogen and oxygen atoms in total. The summed E-state index contributed by atoms with van der Waals surface area (Å²) < 4.78 is 0. The molecule has 0 saturated carbocycles. The fourth-order valence-electron chi connectivity index (χ4n) is 1.94. The number of hydrogen-bond donors (Lipinski definition) is 1. The second-order valence-corrected chi connectivity index (χ2v) is 6.01. The smallest absolute Gasteiger partial charge is 0.159 e. The van der Waals surface area contributed by atoms with Crippen LogP contribution < -0.4 is 5.32 Å². The number of nitrogens with one attached hydrogen (secondary N) is 1. The lowest BCUT2D eigenvalue weighted by molar-refractivity contribution is 0.876. The predicted molar refractivity (Wildman–Crippen MR) is 86.7 cm³/mol. The molecule has 0 aliphatic heterocycles. The molecule has 0 radical (unpaired) electrons. The maximum atomic E-state index is 4.74. The fraction of sp³-hybridized carbons (Fsp3) is 0.188.